The molecule has 82 valence electrons. The Kier molecular flexibility index (Phi) is 4.63. The van der Waals surface area contributed by atoms with Crippen LogP contribution in [-0.4, -0.2) is 17.6 Å². The SMILES string of the molecule is [N-]=[N+]=NCCC=Cc1ccc(C(=O)O)cc1. The summed E-state index contributed by atoms with van der Waals surface area (Å²) in [6.45, 7) is 0.431. The molecule has 16 heavy (non-hydrogen) atoms. The van der Waals surface area contributed by atoms with Crippen LogP contribution >= 0.6 is 0 Å². The van der Waals surface area contributed by atoms with E-state index in [1.807, 2.05) is 12.2 Å². The second-order valence-corrected chi connectivity index (χ2v) is 3.07. The van der Waals surface area contributed by atoms with E-state index in [0.717, 1.165) is 5.56 Å². The Balaban J connectivity index is 2.54. The maximum absolute atomic E-state index is 10.6. The minimum absolute atomic E-state index is 0.270. The summed E-state index contributed by atoms with van der Waals surface area (Å²) in [6, 6.07) is 6.56. The number of carboxylic acid groups (broad SMARTS) is 1. The Labute approximate surface area is 92.7 Å². The first-order valence-corrected chi connectivity index (χ1v) is 4.75. The molecule has 0 spiro atoms. The Bertz CT molecular complexity index is 431. The molecule has 0 amide bonds. The summed E-state index contributed by atoms with van der Waals surface area (Å²) in [5.41, 5.74) is 9.24. The van der Waals surface area contributed by atoms with Crippen molar-refractivity contribution >= 4 is 12.0 Å². The van der Waals surface area contributed by atoms with Gasteiger partial charge in [0.2, 0.25) is 0 Å². The van der Waals surface area contributed by atoms with Crippen molar-refractivity contribution in [3.05, 3.63) is 51.9 Å². The van der Waals surface area contributed by atoms with Gasteiger partial charge in [0.05, 0.1) is 5.56 Å². The normalized spacial score (nSPS) is 10.0. The van der Waals surface area contributed by atoms with Crippen molar-refractivity contribution in [1.29, 1.82) is 0 Å². The van der Waals surface area contributed by atoms with Crippen molar-refractivity contribution in [3.63, 3.8) is 0 Å². The van der Waals surface area contributed by atoms with E-state index in [4.69, 9.17) is 10.6 Å². The third-order valence-electron chi connectivity index (χ3n) is 1.93. The number of benzene rings is 1. The van der Waals surface area contributed by atoms with Crippen molar-refractivity contribution < 1.29 is 9.90 Å². The number of nitrogens with zero attached hydrogens (tertiary/aromatic N) is 3. The molecule has 1 N–H and O–H groups in total. The molecule has 5 nitrogen and oxygen atoms in total. The van der Waals surface area contributed by atoms with Crippen LogP contribution in [0.5, 0.6) is 0 Å². The highest BCUT2D eigenvalue weighted by Gasteiger charge is 1.99. The first-order valence-electron chi connectivity index (χ1n) is 4.75. The quantitative estimate of drug-likeness (QED) is 0.355. The lowest BCUT2D eigenvalue weighted by Crippen LogP contribution is -1.94. The van der Waals surface area contributed by atoms with Crippen LogP contribution in [0.3, 0.4) is 0 Å². The zero-order chi connectivity index (χ0) is 11.8. The molecule has 0 bridgehead atoms. The standard InChI is InChI=1S/C11H11N3O2/c12-14-13-8-2-1-3-9-4-6-10(7-5-9)11(15)16/h1,3-7H,2,8H2,(H,15,16). The Morgan fingerprint density at radius 3 is 2.69 bits per heavy atom. The summed E-state index contributed by atoms with van der Waals surface area (Å²) < 4.78 is 0. The molecule has 0 aliphatic heterocycles. The summed E-state index contributed by atoms with van der Waals surface area (Å²) >= 11 is 0. The van der Waals surface area contributed by atoms with Crippen LogP contribution < -0.4 is 0 Å². The molecule has 0 aliphatic rings. The molecular formula is C11H11N3O2. The fourth-order valence-corrected chi connectivity index (χ4v) is 1.13. The van der Waals surface area contributed by atoms with E-state index >= 15 is 0 Å². The Morgan fingerprint density at radius 2 is 2.12 bits per heavy atom. The van der Waals surface area contributed by atoms with Crippen molar-refractivity contribution in [2.45, 2.75) is 6.42 Å². The lowest BCUT2D eigenvalue weighted by Gasteiger charge is -1.95. The number of rotatable bonds is 5. The minimum atomic E-state index is -0.932. The first-order chi connectivity index (χ1) is 7.74. The smallest absolute Gasteiger partial charge is 0.335 e. The molecular weight excluding hydrogens is 206 g/mol. The van der Waals surface area contributed by atoms with Gasteiger partial charge in [0.25, 0.3) is 0 Å². The van der Waals surface area contributed by atoms with Gasteiger partial charge in [0.1, 0.15) is 0 Å². The molecule has 0 radical (unpaired) electrons. The average molecular weight is 217 g/mol. The van der Waals surface area contributed by atoms with Gasteiger partial charge in [0.15, 0.2) is 0 Å². The predicted molar refractivity (Wildman–Crippen MR) is 61.1 cm³/mol. The summed E-state index contributed by atoms with van der Waals surface area (Å²) in [5, 5.41) is 12.1. The summed E-state index contributed by atoms with van der Waals surface area (Å²) in [7, 11) is 0. The molecule has 0 unspecified atom stereocenters. The van der Waals surface area contributed by atoms with Crippen LogP contribution in [0.1, 0.15) is 22.3 Å². The van der Waals surface area contributed by atoms with Gasteiger partial charge in [-0.05, 0) is 29.6 Å². The fraction of sp³-hybridized carbons (Fsp3) is 0.182. The van der Waals surface area contributed by atoms with Crippen LogP contribution in [0.2, 0.25) is 0 Å². The van der Waals surface area contributed by atoms with Crippen LogP contribution in [0.4, 0.5) is 0 Å². The van der Waals surface area contributed by atoms with E-state index in [-0.39, 0.29) is 5.56 Å². The van der Waals surface area contributed by atoms with Crippen molar-refractivity contribution in [2.24, 2.45) is 5.11 Å². The highest BCUT2D eigenvalue weighted by Crippen LogP contribution is 2.06. The molecule has 1 aromatic rings. The van der Waals surface area contributed by atoms with Crippen LogP contribution in [0, 0.1) is 0 Å². The highest BCUT2D eigenvalue weighted by molar-refractivity contribution is 5.87. The van der Waals surface area contributed by atoms with Gasteiger partial charge in [-0.25, -0.2) is 4.79 Å². The molecule has 0 fully saturated rings. The fourth-order valence-electron chi connectivity index (χ4n) is 1.13. The van der Waals surface area contributed by atoms with Gasteiger partial charge in [-0.15, -0.1) is 0 Å². The van der Waals surface area contributed by atoms with Gasteiger partial charge >= 0.3 is 5.97 Å². The second kappa shape index (κ2) is 6.27. The zero-order valence-electron chi connectivity index (χ0n) is 8.58. The number of carbonyl (C=O) groups is 1. The molecule has 0 atom stereocenters. The predicted octanol–water partition coefficient (Wildman–Crippen LogP) is 3.10. The number of carboxylic acids is 1. The number of aromatic carboxylic acids is 1. The van der Waals surface area contributed by atoms with Gasteiger partial charge in [-0.1, -0.05) is 29.4 Å². The third kappa shape index (κ3) is 3.86. The third-order valence-corrected chi connectivity index (χ3v) is 1.93. The van der Waals surface area contributed by atoms with E-state index in [2.05, 4.69) is 10.0 Å². The zero-order valence-corrected chi connectivity index (χ0v) is 8.58. The number of hydrogen-bond donors (Lipinski definition) is 1. The largest absolute Gasteiger partial charge is 0.478 e. The van der Waals surface area contributed by atoms with Gasteiger partial charge in [-0.2, -0.15) is 0 Å². The maximum atomic E-state index is 10.6. The van der Waals surface area contributed by atoms with E-state index < -0.39 is 5.97 Å². The van der Waals surface area contributed by atoms with E-state index in [1.54, 1.807) is 24.3 Å². The maximum Gasteiger partial charge on any atom is 0.335 e. The van der Waals surface area contributed by atoms with E-state index in [9.17, 15) is 4.79 Å². The van der Waals surface area contributed by atoms with E-state index in [1.165, 1.54) is 0 Å². The second-order valence-electron chi connectivity index (χ2n) is 3.07. The molecule has 0 saturated carbocycles. The molecule has 1 rings (SSSR count). The summed E-state index contributed by atoms with van der Waals surface area (Å²) in [6.07, 6.45) is 4.41. The van der Waals surface area contributed by atoms with Crippen molar-refractivity contribution in [1.82, 2.24) is 0 Å². The number of azide groups is 1. The topological polar surface area (TPSA) is 86.1 Å². The molecule has 0 aromatic heterocycles. The average Bonchev–Trinajstić information content (AvgIpc) is 2.29. The Morgan fingerprint density at radius 1 is 1.44 bits per heavy atom. The van der Waals surface area contributed by atoms with Gasteiger partial charge in [-0.3, -0.25) is 0 Å². The van der Waals surface area contributed by atoms with Crippen LogP contribution in [0.15, 0.2) is 35.5 Å². The summed E-state index contributed by atoms with van der Waals surface area (Å²) in [4.78, 5) is 13.2. The van der Waals surface area contributed by atoms with Gasteiger partial charge < -0.3 is 5.11 Å². The van der Waals surface area contributed by atoms with Crippen LogP contribution in [0.25, 0.3) is 16.5 Å². The lowest BCUT2D eigenvalue weighted by atomic mass is 10.1. The summed E-state index contributed by atoms with van der Waals surface area (Å²) in [5.74, 6) is -0.932. The molecule has 5 heteroatoms. The minimum Gasteiger partial charge on any atom is -0.478 e. The Hall–Kier alpha value is -2.26. The monoisotopic (exact) mass is 217 g/mol. The van der Waals surface area contributed by atoms with Crippen molar-refractivity contribution in [2.75, 3.05) is 6.54 Å². The highest BCUT2D eigenvalue weighted by atomic mass is 16.4. The molecule has 0 heterocycles. The number of hydrogen-bond acceptors (Lipinski definition) is 2. The van der Waals surface area contributed by atoms with Gasteiger partial charge in [0, 0.05) is 11.5 Å². The first kappa shape index (κ1) is 11.8. The van der Waals surface area contributed by atoms with Crippen LogP contribution in [-0.2, 0) is 0 Å². The molecule has 0 saturated heterocycles. The van der Waals surface area contributed by atoms with Crippen molar-refractivity contribution in [3.8, 4) is 0 Å². The van der Waals surface area contributed by atoms with E-state index in [0.29, 0.717) is 13.0 Å². The molecule has 1 aromatic carbocycles. The lowest BCUT2D eigenvalue weighted by molar-refractivity contribution is 0.0697. The molecule has 0 aliphatic carbocycles.